The Morgan fingerprint density at radius 1 is 0.889 bits per heavy atom. The molecule has 0 aliphatic heterocycles. The second-order valence-electron chi connectivity index (χ2n) is 8.16. The molecule has 0 radical (unpaired) electrons. The van der Waals surface area contributed by atoms with Crippen LogP contribution in [0.25, 0.3) is 21.8 Å². The first kappa shape index (κ1) is 24.5. The van der Waals surface area contributed by atoms with E-state index in [0.717, 1.165) is 28.4 Å². The van der Waals surface area contributed by atoms with Gasteiger partial charge in [0.1, 0.15) is 5.75 Å². The lowest BCUT2D eigenvalue weighted by Gasteiger charge is -2.09. The molecule has 0 aliphatic rings. The van der Waals surface area contributed by atoms with Crippen molar-refractivity contribution in [1.82, 2.24) is 9.99 Å². The molecule has 0 fully saturated rings. The molecule has 0 spiro atoms. The van der Waals surface area contributed by atoms with E-state index in [1.807, 2.05) is 30.3 Å². The Kier molecular flexibility index (Phi) is 7.29. The van der Waals surface area contributed by atoms with Crippen molar-refractivity contribution in [1.29, 1.82) is 0 Å². The molecule has 9 nitrogen and oxygen atoms in total. The van der Waals surface area contributed by atoms with Gasteiger partial charge in [-0.25, -0.2) is 5.43 Å². The summed E-state index contributed by atoms with van der Waals surface area (Å²) in [6.45, 7) is 4.54. The summed E-state index contributed by atoms with van der Waals surface area (Å²) in [4.78, 5) is 36.8. The van der Waals surface area contributed by atoms with Crippen LogP contribution in [0.3, 0.4) is 0 Å². The predicted molar refractivity (Wildman–Crippen MR) is 141 cm³/mol. The van der Waals surface area contributed by atoms with Gasteiger partial charge in [-0.1, -0.05) is 30.3 Å². The summed E-state index contributed by atoms with van der Waals surface area (Å²) in [5.41, 5.74) is 5.79. The summed E-state index contributed by atoms with van der Waals surface area (Å²) in [5, 5.41) is 11.4. The van der Waals surface area contributed by atoms with Gasteiger partial charge in [-0.3, -0.25) is 14.4 Å². The van der Waals surface area contributed by atoms with E-state index in [0.29, 0.717) is 22.8 Å². The Labute approximate surface area is 208 Å². The number of hydrogen-bond acceptors (Lipinski definition) is 5. The van der Waals surface area contributed by atoms with Crippen LogP contribution in [-0.4, -0.2) is 35.1 Å². The van der Waals surface area contributed by atoms with Crippen molar-refractivity contribution in [2.24, 2.45) is 5.10 Å². The maximum Gasteiger partial charge on any atom is 0.329 e. The smallest absolute Gasteiger partial charge is 0.329 e. The SMILES string of the molecule is CCn1c2ccccc2c2cc(NC(=O)C/C(C)=N\NC(=O)C(=O)Nc3ccccc3OC)ccc21. The number of nitrogens with one attached hydrogen (secondary N) is 3. The maximum absolute atomic E-state index is 12.6. The minimum Gasteiger partial charge on any atom is -0.495 e. The zero-order valence-corrected chi connectivity index (χ0v) is 20.3. The second-order valence-corrected chi connectivity index (χ2v) is 8.16. The number of carbonyl (C=O) groups is 3. The van der Waals surface area contributed by atoms with E-state index < -0.39 is 11.8 Å². The Morgan fingerprint density at radius 3 is 2.39 bits per heavy atom. The summed E-state index contributed by atoms with van der Waals surface area (Å²) < 4.78 is 7.38. The number of nitrogens with zero attached hydrogens (tertiary/aromatic N) is 2. The molecule has 4 rings (SSSR count). The quantitative estimate of drug-likeness (QED) is 0.206. The molecule has 0 aliphatic carbocycles. The second kappa shape index (κ2) is 10.7. The number of fused-ring (bicyclic) bond motifs is 3. The number of benzene rings is 3. The van der Waals surface area contributed by atoms with Crippen molar-refractivity contribution in [2.75, 3.05) is 17.7 Å². The molecule has 3 aromatic carbocycles. The van der Waals surface area contributed by atoms with E-state index >= 15 is 0 Å². The molecular weight excluding hydrogens is 458 g/mol. The van der Waals surface area contributed by atoms with Crippen molar-refractivity contribution in [3.8, 4) is 5.75 Å². The van der Waals surface area contributed by atoms with Gasteiger partial charge >= 0.3 is 11.8 Å². The van der Waals surface area contributed by atoms with E-state index in [1.165, 1.54) is 7.11 Å². The van der Waals surface area contributed by atoms with Crippen LogP contribution >= 0.6 is 0 Å². The molecule has 0 bridgehead atoms. The van der Waals surface area contributed by atoms with Crippen LogP contribution in [0.2, 0.25) is 0 Å². The van der Waals surface area contributed by atoms with E-state index in [1.54, 1.807) is 31.2 Å². The number of aryl methyl sites for hydroxylation is 1. The predicted octanol–water partition coefficient (Wildman–Crippen LogP) is 4.28. The van der Waals surface area contributed by atoms with E-state index in [4.69, 9.17) is 4.74 Å². The van der Waals surface area contributed by atoms with Gasteiger partial charge < -0.3 is 19.9 Å². The van der Waals surface area contributed by atoms with Gasteiger partial charge in [0.25, 0.3) is 0 Å². The number of hydrazone groups is 1. The fourth-order valence-electron chi connectivity index (χ4n) is 4.07. The van der Waals surface area contributed by atoms with Crippen LogP contribution < -0.4 is 20.8 Å². The van der Waals surface area contributed by atoms with Crippen LogP contribution in [0.15, 0.2) is 71.8 Å². The number of amides is 3. The van der Waals surface area contributed by atoms with Crippen molar-refractivity contribution < 1.29 is 19.1 Å². The number of carbonyl (C=O) groups excluding carboxylic acids is 3. The van der Waals surface area contributed by atoms with Crippen LogP contribution in [-0.2, 0) is 20.9 Å². The molecule has 0 atom stereocenters. The van der Waals surface area contributed by atoms with Gasteiger partial charge in [-0.05, 0) is 50.2 Å². The number of aromatic nitrogens is 1. The van der Waals surface area contributed by atoms with E-state index in [-0.39, 0.29) is 12.3 Å². The third kappa shape index (κ3) is 5.20. The standard InChI is InChI=1S/C27H27N5O4/c1-4-32-22-11-7-5-9-19(22)20-16-18(13-14-23(20)32)28-25(33)15-17(2)30-31-27(35)26(34)29-21-10-6-8-12-24(21)36-3/h5-14,16H,4,15H2,1-3H3,(H,28,33)(H,29,34)(H,31,35)/b30-17-. The number of para-hydroxylation sites is 3. The molecule has 9 heteroatoms. The van der Waals surface area contributed by atoms with Crippen molar-refractivity contribution >= 4 is 56.6 Å². The number of hydrogen-bond donors (Lipinski definition) is 3. The fourth-order valence-corrected chi connectivity index (χ4v) is 4.07. The van der Waals surface area contributed by atoms with Gasteiger partial charge in [-0.15, -0.1) is 0 Å². The van der Waals surface area contributed by atoms with Crippen LogP contribution in [0.5, 0.6) is 5.75 Å². The largest absolute Gasteiger partial charge is 0.495 e. The monoisotopic (exact) mass is 485 g/mol. The highest BCUT2D eigenvalue weighted by Crippen LogP contribution is 2.31. The third-order valence-electron chi connectivity index (χ3n) is 5.70. The van der Waals surface area contributed by atoms with E-state index in [9.17, 15) is 14.4 Å². The summed E-state index contributed by atoms with van der Waals surface area (Å²) in [7, 11) is 1.46. The molecule has 184 valence electrons. The lowest BCUT2D eigenvalue weighted by Crippen LogP contribution is -2.33. The third-order valence-corrected chi connectivity index (χ3v) is 5.70. The molecular formula is C27H27N5O4. The van der Waals surface area contributed by atoms with Gasteiger partial charge in [0, 0.05) is 39.7 Å². The maximum atomic E-state index is 12.6. The number of rotatable bonds is 7. The highest BCUT2D eigenvalue weighted by molar-refractivity contribution is 6.39. The van der Waals surface area contributed by atoms with Gasteiger partial charge in [-0.2, -0.15) is 5.10 Å². The van der Waals surface area contributed by atoms with Gasteiger partial charge in [0.15, 0.2) is 0 Å². The zero-order chi connectivity index (χ0) is 25.7. The summed E-state index contributed by atoms with van der Waals surface area (Å²) in [6, 6.07) is 20.7. The lowest BCUT2D eigenvalue weighted by atomic mass is 10.1. The molecule has 3 N–H and O–H groups in total. The molecule has 1 aromatic heterocycles. The zero-order valence-electron chi connectivity index (χ0n) is 20.3. The number of ether oxygens (including phenoxy) is 1. The summed E-state index contributed by atoms with van der Waals surface area (Å²) >= 11 is 0. The van der Waals surface area contributed by atoms with Crippen LogP contribution in [0, 0.1) is 0 Å². The number of methoxy groups -OCH3 is 1. The Bertz CT molecular complexity index is 1490. The highest BCUT2D eigenvalue weighted by atomic mass is 16.5. The topological polar surface area (TPSA) is 114 Å². The van der Waals surface area contributed by atoms with Crippen molar-refractivity contribution in [3.05, 3.63) is 66.7 Å². The normalized spacial score (nSPS) is 11.4. The Balaban J connectivity index is 1.37. The summed E-state index contributed by atoms with van der Waals surface area (Å²) in [5.74, 6) is -1.73. The van der Waals surface area contributed by atoms with E-state index in [2.05, 4.69) is 44.8 Å². The van der Waals surface area contributed by atoms with Crippen molar-refractivity contribution in [2.45, 2.75) is 26.8 Å². The average molecular weight is 486 g/mol. The Morgan fingerprint density at radius 2 is 1.61 bits per heavy atom. The molecule has 3 amide bonds. The first-order valence-corrected chi connectivity index (χ1v) is 11.5. The van der Waals surface area contributed by atoms with Crippen LogP contribution in [0.4, 0.5) is 11.4 Å². The van der Waals surface area contributed by atoms with Crippen LogP contribution in [0.1, 0.15) is 20.3 Å². The minimum atomic E-state index is -0.960. The highest BCUT2D eigenvalue weighted by Gasteiger charge is 2.16. The molecule has 4 aromatic rings. The first-order chi connectivity index (χ1) is 17.4. The average Bonchev–Trinajstić information content (AvgIpc) is 3.20. The van der Waals surface area contributed by atoms with Gasteiger partial charge in [0.2, 0.25) is 5.91 Å². The molecule has 1 heterocycles. The summed E-state index contributed by atoms with van der Waals surface area (Å²) in [6.07, 6.45) is -0.0524. The first-order valence-electron chi connectivity index (χ1n) is 11.5. The minimum absolute atomic E-state index is 0.0524. The van der Waals surface area contributed by atoms with Gasteiger partial charge in [0.05, 0.1) is 19.2 Å². The number of anilines is 2. The lowest BCUT2D eigenvalue weighted by molar-refractivity contribution is -0.136. The molecule has 36 heavy (non-hydrogen) atoms. The molecule has 0 unspecified atom stereocenters. The molecule has 0 saturated carbocycles. The molecule has 0 saturated heterocycles. The fraction of sp³-hybridized carbons (Fsp3) is 0.185. The van der Waals surface area contributed by atoms with Crippen molar-refractivity contribution in [3.63, 3.8) is 0 Å². The Hall–Kier alpha value is -4.66.